The molecule has 0 spiro atoms. The van der Waals surface area contributed by atoms with Crippen molar-refractivity contribution in [2.24, 2.45) is 0 Å². The van der Waals surface area contributed by atoms with E-state index in [1.54, 1.807) is 0 Å². The highest BCUT2D eigenvalue weighted by Gasteiger charge is 2.34. The van der Waals surface area contributed by atoms with Gasteiger partial charge in [-0.05, 0) is 13.0 Å². The topological polar surface area (TPSA) is 59.4 Å². The number of pyridine rings is 1. The van der Waals surface area contributed by atoms with Crippen LogP contribution < -0.4 is 4.74 Å². The van der Waals surface area contributed by atoms with Gasteiger partial charge < -0.3 is 9.84 Å². The third-order valence-corrected chi connectivity index (χ3v) is 2.02. The molecule has 0 fully saturated rings. The first kappa shape index (κ1) is 15.1. The fourth-order valence-corrected chi connectivity index (χ4v) is 1.41. The summed E-state index contributed by atoms with van der Waals surface area (Å²) in [5.74, 6) is -2.73. The molecule has 0 aliphatic rings. The summed E-state index contributed by atoms with van der Waals surface area (Å²) >= 11 is 0. The first-order valence-corrected chi connectivity index (χ1v) is 4.86. The summed E-state index contributed by atoms with van der Waals surface area (Å²) in [5, 5.41) is 8.56. The van der Waals surface area contributed by atoms with Crippen molar-refractivity contribution in [3.8, 4) is 5.88 Å². The van der Waals surface area contributed by atoms with Gasteiger partial charge in [-0.15, -0.1) is 13.2 Å². The van der Waals surface area contributed by atoms with Crippen LogP contribution in [-0.2, 0) is 11.2 Å². The van der Waals surface area contributed by atoms with Crippen LogP contribution in [-0.4, -0.2) is 22.4 Å². The molecule has 1 aromatic heterocycles. The minimum atomic E-state index is -5.15. The van der Waals surface area contributed by atoms with Crippen LogP contribution in [0.3, 0.4) is 0 Å². The highest BCUT2D eigenvalue weighted by atomic mass is 19.4. The number of ether oxygens (including phenoxy) is 1. The number of aliphatic carboxylic acids is 1. The van der Waals surface area contributed by atoms with Gasteiger partial charge in [0.2, 0.25) is 5.88 Å². The lowest BCUT2D eigenvalue weighted by molar-refractivity contribution is -0.276. The number of nitrogens with zero attached hydrogens (tertiary/aromatic N) is 1. The molecule has 0 atom stereocenters. The lowest BCUT2D eigenvalue weighted by Crippen LogP contribution is -2.21. The Hall–Kier alpha value is -1.93. The lowest BCUT2D eigenvalue weighted by atomic mass is 10.1. The molecule has 0 bridgehead atoms. The summed E-state index contributed by atoms with van der Waals surface area (Å²) in [4.78, 5) is 13.9. The normalized spacial score (nSPS) is 11.7. The number of rotatable bonds is 4. The van der Waals surface area contributed by atoms with Gasteiger partial charge in [-0.3, -0.25) is 4.79 Å². The van der Waals surface area contributed by atoms with Gasteiger partial charge in [-0.1, -0.05) is 0 Å². The van der Waals surface area contributed by atoms with Gasteiger partial charge >= 0.3 is 12.3 Å². The second kappa shape index (κ2) is 5.37. The molecule has 1 N–H and O–H groups in total. The zero-order valence-corrected chi connectivity index (χ0v) is 9.46. The number of aromatic nitrogens is 1. The van der Waals surface area contributed by atoms with E-state index in [0.717, 1.165) is 6.07 Å². The molecular formula is C10H8F5NO3. The van der Waals surface area contributed by atoms with Crippen LogP contribution >= 0.6 is 0 Å². The SMILES string of the molecule is Cc1cc(C(F)F)c(CC(=O)O)c(OC(F)(F)F)n1. The maximum Gasteiger partial charge on any atom is 0.574 e. The third-order valence-electron chi connectivity index (χ3n) is 2.02. The van der Waals surface area contributed by atoms with Gasteiger partial charge in [0.15, 0.2) is 0 Å². The summed E-state index contributed by atoms with van der Waals surface area (Å²) in [6, 6.07) is 0.826. The van der Waals surface area contributed by atoms with E-state index in [-0.39, 0.29) is 5.69 Å². The smallest absolute Gasteiger partial charge is 0.481 e. The second-order valence-electron chi connectivity index (χ2n) is 3.56. The zero-order valence-electron chi connectivity index (χ0n) is 9.46. The molecule has 0 aliphatic carbocycles. The van der Waals surface area contributed by atoms with Crippen molar-refractivity contribution in [1.82, 2.24) is 4.98 Å². The summed E-state index contributed by atoms with van der Waals surface area (Å²) < 4.78 is 65.3. The second-order valence-corrected chi connectivity index (χ2v) is 3.56. The van der Waals surface area contributed by atoms with Crippen molar-refractivity contribution in [2.45, 2.75) is 26.1 Å². The fourth-order valence-electron chi connectivity index (χ4n) is 1.41. The number of halogens is 5. The Kier molecular flexibility index (Phi) is 4.28. The highest BCUT2D eigenvalue weighted by molar-refractivity contribution is 5.71. The summed E-state index contributed by atoms with van der Waals surface area (Å²) in [5.41, 5.74) is -1.76. The number of hydrogen-bond donors (Lipinski definition) is 1. The van der Waals surface area contributed by atoms with Gasteiger partial charge in [-0.25, -0.2) is 13.8 Å². The van der Waals surface area contributed by atoms with E-state index >= 15 is 0 Å². The van der Waals surface area contributed by atoms with Crippen LogP contribution in [0.4, 0.5) is 22.0 Å². The Labute approximate surface area is 103 Å². The summed E-state index contributed by atoms with van der Waals surface area (Å²) in [7, 11) is 0. The van der Waals surface area contributed by atoms with Gasteiger partial charge in [0.05, 0.1) is 6.42 Å². The highest BCUT2D eigenvalue weighted by Crippen LogP contribution is 2.32. The molecule has 0 saturated heterocycles. The molecule has 0 aromatic carbocycles. The van der Waals surface area contributed by atoms with Crippen LogP contribution in [0.2, 0.25) is 0 Å². The zero-order chi connectivity index (χ0) is 14.8. The molecule has 0 unspecified atom stereocenters. The van der Waals surface area contributed by atoms with Crippen molar-refractivity contribution in [1.29, 1.82) is 0 Å². The van der Waals surface area contributed by atoms with Crippen molar-refractivity contribution < 1.29 is 36.6 Å². The van der Waals surface area contributed by atoms with Gasteiger partial charge in [-0.2, -0.15) is 0 Å². The first-order chi connectivity index (χ1) is 8.60. The van der Waals surface area contributed by atoms with Crippen molar-refractivity contribution in [2.75, 3.05) is 0 Å². The molecule has 1 rings (SSSR count). The van der Waals surface area contributed by atoms with E-state index in [9.17, 15) is 26.7 Å². The Morgan fingerprint density at radius 1 is 1.47 bits per heavy atom. The number of carbonyl (C=O) groups is 1. The number of carboxylic acid groups (broad SMARTS) is 1. The molecule has 1 heterocycles. The Bertz CT molecular complexity index is 487. The fraction of sp³-hybridized carbons (Fsp3) is 0.400. The molecule has 19 heavy (non-hydrogen) atoms. The quantitative estimate of drug-likeness (QED) is 0.864. The Morgan fingerprint density at radius 2 is 2.05 bits per heavy atom. The molecule has 0 aliphatic heterocycles. The van der Waals surface area contributed by atoms with Gasteiger partial charge in [0.1, 0.15) is 0 Å². The molecule has 9 heteroatoms. The van der Waals surface area contributed by atoms with Crippen LogP contribution in [0.1, 0.15) is 23.2 Å². The standard InChI is InChI=1S/C10H8F5NO3/c1-4-2-5(8(11)12)6(3-7(17)18)9(16-4)19-10(13,14)15/h2,8H,3H2,1H3,(H,17,18). The molecule has 1 aromatic rings. The van der Waals surface area contributed by atoms with Gasteiger partial charge in [0, 0.05) is 16.8 Å². The van der Waals surface area contributed by atoms with E-state index in [4.69, 9.17) is 5.11 Å². The van der Waals surface area contributed by atoms with Crippen molar-refractivity contribution in [3.05, 3.63) is 22.9 Å². The predicted octanol–water partition coefficient (Wildman–Crippen LogP) is 2.85. The molecule has 4 nitrogen and oxygen atoms in total. The third kappa shape index (κ3) is 4.34. The largest absolute Gasteiger partial charge is 0.574 e. The van der Waals surface area contributed by atoms with Crippen LogP contribution in [0.5, 0.6) is 5.88 Å². The van der Waals surface area contributed by atoms with Crippen molar-refractivity contribution >= 4 is 5.97 Å². The number of aryl methyl sites for hydroxylation is 1. The van der Waals surface area contributed by atoms with E-state index in [1.165, 1.54) is 6.92 Å². The van der Waals surface area contributed by atoms with Crippen LogP contribution in [0.25, 0.3) is 0 Å². The number of hydrogen-bond acceptors (Lipinski definition) is 3. The van der Waals surface area contributed by atoms with Crippen LogP contribution in [0, 0.1) is 6.92 Å². The minimum Gasteiger partial charge on any atom is -0.481 e. The maximum atomic E-state index is 12.7. The van der Waals surface area contributed by atoms with E-state index in [1.807, 2.05) is 0 Å². The van der Waals surface area contributed by atoms with Crippen LogP contribution in [0.15, 0.2) is 6.07 Å². The van der Waals surface area contributed by atoms with Crippen molar-refractivity contribution in [3.63, 3.8) is 0 Å². The molecular weight excluding hydrogens is 277 g/mol. The molecule has 0 amide bonds. The van der Waals surface area contributed by atoms with E-state index < -0.39 is 42.2 Å². The monoisotopic (exact) mass is 285 g/mol. The number of alkyl halides is 5. The molecule has 106 valence electrons. The number of carboxylic acids is 1. The predicted molar refractivity (Wildman–Crippen MR) is 52.0 cm³/mol. The minimum absolute atomic E-state index is 0.135. The first-order valence-electron chi connectivity index (χ1n) is 4.86. The van der Waals surface area contributed by atoms with Gasteiger partial charge in [0.25, 0.3) is 6.43 Å². The Morgan fingerprint density at radius 3 is 2.47 bits per heavy atom. The average Bonchev–Trinajstić information content (AvgIpc) is 2.18. The van der Waals surface area contributed by atoms with E-state index in [0.29, 0.717) is 0 Å². The lowest BCUT2D eigenvalue weighted by Gasteiger charge is -2.15. The maximum absolute atomic E-state index is 12.7. The summed E-state index contributed by atoms with van der Waals surface area (Å²) in [6.45, 7) is 1.19. The molecule has 0 radical (unpaired) electrons. The molecule has 0 saturated carbocycles. The average molecular weight is 285 g/mol. The Balaban J connectivity index is 3.37. The summed E-state index contributed by atoms with van der Waals surface area (Å²) in [6.07, 6.45) is -9.32. The van der Waals surface area contributed by atoms with E-state index in [2.05, 4.69) is 9.72 Å².